The first-order chi connectivity index (χ1) is 10.7. The number of nitrogens with zero attached hydrogens (tertiary/aromatic N) is 3. The Bertz CT molecular complexity index is 589. The van der Waals surface area contributed by atoms with E-state index in [9.17, 15) is 4.79 Å². The van der Waals surface area contributed by atoms with E-state index in [0.717, 1.165) is 0 Å². The highest BCUT2D eigenvalue weighted by Crippen LogP contribution is 2.34. The second-order valence-corrected chi connectivity index (χ2v) is 5.01. The minimum Gasteiger partial charge on any atom is -0.455 e. The number of benzene rings is 1. The molecule has 116 valence electrons. The molecular formula is C14H15N3O5. The van der Waals surface area contributed by atoms with Crippen LogP contribution in [-0.4, -0.2) is 50.3 Å². The Hall–Kier alpha value is -2.12. The smallest absolute Gasteiger partial charge is 0.338 e. The van der Waals surface area contributed by atoms with E-state index in [4.69, 9.17) is 24.5 Å². The van der Waals surface area contributed by atoms with Crippen molar-refractivity contribution in [2.45, 2.75) is 30.6 Å². The second-order valence-electron chi connectivity index (χ2n) is 5.01. The fourth-order valence-electron chi connectivity index (χ4n) is 2.70. The number of carbonyl (C=O) groups excluding carboxylic acids is 1. The molecule has 0 aliphatic carbocycles. The number of hydrogen-bond donors (Lipinski definition) is 0. The molecule has 4 rings (SSSR count). The van der Waals surface area contributed by atoms with Gasteiger partial charge in [-0.1, -0.05) is 23.3 Å². The summed E-state index contributed by atoms with van der Waals surface area (Å²) in [7, 11) is 1.48. The van der Waals surface area contributed by atoms with Crippen LogP contribution < -0.4 is 0 Å². The van der Waals surface area contributed by atoms with Gasteiger partial charge >= 0.3 is 5.97 Å². The second kappa shape index (κ2) is 6.33. The number of hydrogen-bond acceptors (Lipinski definition) is 6. The van der Waals surface area contributed by atoms with Crippen LogP contribution in [0.25, 0.3) is 10.4 Å². The molecule has 2 bridgehead atoms. The van der Waals surface area contributed by atoms with E-state index in [2.05, 4.69) is 10.0 Å². The lowest BCUT2D eigenvalue weighted by atomic mass is 9.93. The molecule has 3 saturated heterocycles. The summed E-state index contributed by atoms with van der Waals surface area (Å²) in [5, 5.41) is 3.71. The third-order valence-corrected chi connectivity index (χ3v) is 3.74. The summed E-state index contributed by atoms with van der Waals surface area (Å²) in [5.74, 6) is -0.492. The predicted molar refractivity (Wildman–Crippen MR) is 74.0 cm³/mol. The van der Waals surface area contributed by atoms with Crippen LogP contribution in [0.3, 0.4) is 0 Å². The Balaban J connectivity index is 1.80. The molecule has 8 nitrogen and oxygen atoms in total. The summed E-state index contributed by atoms with van der Waals surface area (Å²) in [6.07, 6.45) is -2.47. The molecule has 0 aromatic heterocycles. The van der Waals surface area contributed by atoms with Crippen molar-refractivity contribution < 1.29 is 23.7 Å². The number of carbonyl (C=O) groups is 1. The lowest BCUT2D eigenvalue weighted by Crippen LogP contribution is -2.65. The van der Waals surface area contributed by atoms with Crippen molar-refractivity contribution in [1.82, 2.24) is 0 Å². The predicted octanol–water partition coefficient (Wildman–Crippen LogP) is 1.66. The number of rotatable bonds is 4. The van der Waals surface area contributed by atoms with Crippen molar-refractivity contribution in [1.29, 1.82) is 0 Å². The van der Waals surface area contributed by atoms with Gasteiger partial charge in [0.15, 0.2) is 6.29 Å². The molecule has 0 saturated carbocycles. The van der Waals surface area contributed by atoms with E-state index in [1.807, 2.05) is 6.07 Å². The van der Waals surface area contributed by atoms with E-state index in [0.29, 0.717) is 5.56 Å². The molecule has 8 heteroatoms. The third-order valence-electron chi connectivity index (χ3n) is 3.74. The normalized spacial score (nSPS) is 33.0. The summed E-state index contributed by atoms with van der Waals surface area (Å²) >= 11 is 0. The molecule has 0 spiro atoms. The Labute approximate surface area is 126 Å². The van der Waals surface area contributed by atoms with Crippen LogP contribution in [0.15, 0.2) is 35.4 Å². The van der Waals surface area contributed by atoms with Crippen molar-refractivity contribution in [3.63, 3.8) is 0 Å². The van der Waals surface area contributed by atoms with Crippen molar-refractivity contribution >= 4 is 5.97 Å². The van der Waals surface area contributed by atoms with Gasteiger partial charge in [0, 0.05) is 12.0 Å². The van der Waals surface area contributed by atoms with Gasteiger partial charge in [-0.15, -0.1) is 0 Å². The van der Waals surface area contributed by atoms with E-state index in [-0.39, 0.29) is 6.61 Å². The number of fused-ring (bicyclic) bond motifs is 3. The Kier molecular flexibility index (Phi) is 4.26. The number of esters is 1. The molecule has 0 N–H and O–H groups in total. The van der Waals surface area contributed by atoms with Gasteiger partial charge in [-0.2, -0.15) is 0 Å². The Morgan fingerprint density at radius 2 is 2.18 bits per heavy atom. The highest BCUT2D eigenvalue weighted by Gasteiger charge is 2.53. The number of methoxy groups -OCH3 is 1. The van der Waals surface area contributed by atoms with Crippen LogP contribution in [0.4, 0.5) is 0 Å². The molecule has 3 heterocycles. The minimum absolute atomic E-state index is 0.259. The van der Waals surface area contributed by atoms with Crippen LogP contribution >= 0.6 is 0 Å². The van der Waals surface area contributed by atoms with E-state index in [1.165, 1.54) is 7.11 Å². The molecule has 3 aliphatic rings. The van der Waals surface area contributed by atoms with Crippen molar-refractivity contribution in [2.75, 3.05) is 13.7 Å². The SMILES string of the molecule is COC1OC2COC1C(N=[N+]=[N-])C2OC(=O)c1ccccc1. The van der Waals surface area contributed by atoms with Crippen LogP contribution in [0.5, 0.6) is 0 Å². The van der Waals surface area contributed by atoms with Crippen molar-refractivity contribution in [2.24, 2.45) is 5.11 Å². The minimum atomic E-state index is -0.700. The molecular weight excluding hydrogens is 290 g/mol. The average Bonchev–Trinajstić information content (AvgIpc) is 2.58. The first-order valence-electron chi connectivity index (χ1n) is 6.84. The van der Waals surface area contributed by atoms with Gasteiger partial charge in [0.05, 0.1) is 12.2 Å². The summed E-state index contributed by atoms with van der Waals surface area (Å²) < 4.78 is 21.9. The lowest BCUT2D eigenvalue weighted by molar-refractivity contribution is -0.324. The van der Waals surface area contributed by atoms with Crippen LogP contribution in [-0.2, 0) is 18.9 Å². The molecule has 0 radical (unpaired) electrons. The zero-order chi connectivity index (χ0) is 15.5. The molecule has 5 atom stereocenters. The van der Waals surface area contributed by atoms with Gasteiger partial charge in [0.25, 0.3) is 0 Å². The summed E-state index contributed by atoms with van der Waals surface area (Å²) in [5.41, 5.74) is 9.18. The maximum atomic E-state index is 12.2. The van der Waals surface area contributed by atoms with Gasteiger partial charge in [-0.3, -0.25) is 0 Å². The van der Waals surface area contributed by atoms with E-state index < -0.39 is 36.6 Å². The van der Waals surface area contributed by atoms with E-state index in [1.54, 1.807) is 24.3 Å². The van der Waals surface area contributed by atoms with E-state index >= 15 is 0 Å². The molecule has 1 aromatic rings. The third kappa shape index (κ3) is 2.65. The van der Waals surface area contributed by atoms with Gasteiger partial charge < -0.3 is 18.9 Å². The number of azide groups is 1. The fourth-order valence-corrected chi connectivity index (χ4v) is 2.70. The Morgan fingerprint density at radius 3 is 2.86 bits per heavy atom. The van der Waals surface area contributed by atoms with Crippen molar-refractivity contribution in [3.8, 4) is 0 Å². The summed E-state index contributed by atoms with van der Waals surface area (Å²) in [6.45, 7) is 0.259. The van der Waals surface area contributed by atoms with Crippen LogP contribution in [0, 0.1) is 0 Å². The van der Waals surface area contributed by atoms with Crippen LogP contribution in [0.1, 0.15) is 10.4 Å². The molecule has 1 aromatic carbocycles. The lowest BCUT2D eigenvalue weighted by Gasteiger charge is -2.48. The average molecular weight is 305 g/mol. The summed E-state index contributed by atoms with van der Waals surface area (Å²) in [6, 6.07) is 7.92. The maximum Gasteiger partial charge on any atom is 0.338 e. The molecule has 3 fully saturated rings. The quantitative estimate of drug-likeness (QED) is 0.364. The monoisotopic (exact) mass is 305 g/mol. The summed E-state index contributed by atoms with van der Waals surface area (Å²) in [4.78, 5) is 15.0. The zero-order valence-corrected chi connectivity index (χ0v) is 11.9. The van der Waals surface area contributed by atoms with Gasteiger partial charge in [0.2, 0.25) is 0 Å². The molecule has 0 amide bonds. The first-order valence-corrected chi connectivity index (χ1v) is 6.84. The van der Waals surface area contributed by atoms with Crippen molar-refractivity contribution in [3.05, 3.63) is 46.3 Å². The maximum absolute atomic E-state index is 12.2. The van der Waals surface area contributed by atoms with Crippen LogP contribution in [0.2, 0.25) is 0 Å². The number of ether oxygens (including phenoxy) is 4. The fraction of sp³-hybridized carbons (Fsp3) is 0.500. The van der Waals surface area contributed by atoms with Gasteiger partial charge in [-0.05, 0) is 17.7 Å². The van der Waals surface area contributed by atoms with Gasteiger partial charge in [0.1, 0.15) is 24.4 Å². The highest BCUT2D eigenvalue weighted by molar-refractivity contribution is 5.89. The van der Waals surface area contributed by atoms with Gasteiger partial charge in [-0.25, -0.2) is 4.79 Å². The topological polar surface area (TPSA) is 103 Å². The zero-order valence-electron chi connectivity index (χ0n) is 11.9. The highest BCUT2D eigenvalue weighted by atomic mass is 16.7. The Morgan fingerprint density at radius 1 is 1.41 bits per heavy atom. The molecule has 3 aliphatic heterocycles. The first kappa shape index (κ1) is 14.8. The molecule has 22 heavy (non-hydrogen) atoms. The largest absolute Gasteiger partial charge is 0.455 e. The standard InChI is InChI=1S/C14H15N3O5/c1-19-14-12-10(16-17-15)11(9(21-14)7-20-12)22-13(18)8-5-3-2-4-6-8/h2-6,9-12,14H,7H2,1H3. The molecule has 5 unspecified atom stereocenters.